The lowest BCUT2D eigenvalue weighted by atomic mass is 9.96. The summed E-state index contributed by atoms with van der Waals surface area (Å²) in [4.78, 5) is 17.4. The van der Waals surface area contributed by atoms with Gasteiger partial charge in [-0.1, -0.05) is 103 Å². The lowest BCUT2D eigenvalue weighted by Crippen LogP contribution is -2.52. The molecule has 1 aliphatic heterocycles. The third-order valence-electron chi connectivity index (χ3n) is 7.05. The van der Waals surface area contributed by atoms with Crippen LogP contribution < -0.4 is 0 Å². The molecule has 0 N–H and O–H groups in total. The van der Waals surface area contributed by atoms with Crippen LogP contribution in [0.1, 0.15) is 28.3 Å². The highest BCUT2D eigenvalue weighted by molar-refractivity contribution is 7.86. The fourth-order valence-electron chi connectivity index (χ4n) is 5.12. The topological polar surface area (TPSA) is 40.6 Å². The molecule has 1 heterocycles. The van der Waals surface area contributed by atoms with E-state index in [9.17, 15) is 9.00 Å². The van der Waals surface area contributed by atoms with Crippen molar-refractivity contribution in [3.05, 3.63) is 138 Å². The van der Waals surface area contributed by atoms with Crippen molar-refractivity contribution in [3.63, 3.8) is 0 Å². The number of hydrogen-bond donors (Lipinski definition) is 0. The van der Waals surface area contributed by atoms with Crippen LogP contribution in [0, 0.1) is 0 Å². The normalized spacial score (nSPS) is 16.4. The SMILES string of the molecule is O=CC(N1CCN(C(c2ccccc2)c2ccccc2)CC1)S(=O)c1ccc(Cc2ccccc2)cc1. The van der Waals surface area contributed by atoms with Crippen LogP contribution >= 0.6 is 0 Å². The van der Waals surface area contributed by atoms with Crippen LogP contribution in [0.4, 0.5) is 0 Å². The van der Waals surface area contributed by atoms with Gasteiger partial charge in [-0.3, -0.25) is 14.0 Å². The van der Waals surface area contributed by atoms with Gasteiger partial charge in [0.25, 0.3) is 0 Å². The third-order valence-corrected chi connectivity index (χ3v) is 8.63. The van der Waals surface area contributed by atoms with E-state index in [4.69, 9.17) is 0 Å². The maximum atomic E-state index is 13.4. The quantitative estimate of drug-likeness (QED) is 0.287. The predicted octanol–water partition coefficient (Wildman–Crippen LogP) is 5.32. The second-order valence-corrected chi connectivity index (χ2v) is 11.0. The maximum Gasteiger partial charge on any atom is 0.150 e. The van der Waals surface area contributed by atoms with Crippen LogP contribution in [-0.2, 0) is 22.0 Å². The molecular weight excluding hydrogens is 476 g/mol. The monoisotopic (exact) mass is 508 g/mol. The molecule has 1 saturated heterocycles. The van der Waals surface area contributed by atoms with Crippen molar-refractivity contribution in [3.8, 4) is 0 Å². The van der Waals surface area contributed by atoms with Gasteiger partial charge in [-0.15, -0.1) is 0 Å². The summed E-state index contributed by atoms with van der Waals surface area (Å²) in [6.07, 6.45) is 1.69. The highest BCUT2D eigenvalue weighted by Gasteiger charge is 2.32. The molecule has 4 aromatic rings. The number of benzene rings is 4. The molecular formula is C32H32N2O2S. The summed E-state index contributed by atoms with van der Waals surface area (Å²) in [5.74, 6) is 0. The molecule has 0 saturated carbocycles. The molecule has 5 heteroatoms. The molecule has 1 aliphatic rings. The highest BCUT2D eigenvalue weighted by atomic mass is 32.2. The molecule has 2 atom stereocenters. The van der Waals surface area contributed by atoms with E-state index in [0.29, 0.717) is 18.0 Å². The highest BCUT2D eigenvalue weighted by Crippen LogP contribution is 2.30. The molecule has 4 nitrogen and oxygen atoms in total. The first kappa shape index (κ1) is 25.3. The number of rotatable bonds is 9. The summed E-state index contributed by atoms with van der Waals surface area (Å²) in [6.45, 7) is 2.98. The van der Waals surface area contributed by atoms with Crippen LogP contribution in [0.3, 0.4) is 0 Å². The van der Waals surface area contributed by atoms with Gasteiger partial charge in [-0.05, 0) is 40.8 Å². The number of carbonyl (C=O) groups is 1. The van der Waals surface area contributed by atoms with Gasteiger partial charge in [0.05, 0.1) is 16.8 Å². The van der Waals surface area contributed by atoms with E-state index in [0.717, 1.165) is 31.4 Å². The first-order valence-corrected chi connectivity index (χ1v) is 14.0. The van der Waals surface area contributed by atoms with Gasteiger partial charge < -0.3 is 4.79 Å². The van der Waals surface area contributed by atoms with E-state index in [1.54, 1.807) is 0 Å². The van der Waals surface area contributed by atoms with Gasteiger partial charge in [-0.2, -0.15) is 0 Å². The molecule has 188 valence electrons. The largest absolute Gasteiger partial charge is 0.301 e. The van der Waals surface area contributed by atoms with E-state index in [2.05, 4.69) is 70.5 Å². The Labute approximate surface area is 222 Å². The van der Waals surface area contributed by atoms with Gasteiger partial charge in [-0.25, -0.2) is 0 Å². The molecule has 5 rings (SSSR count). The summed E-state index contributed by atoms with van der Waals surface area (Å²) >= 11 is 0. The van der Waals surface area contributed by atoms with E-state index in [-0.39, 0.29) is 6.04 Å². The lowest BCUT2D eigenvalue weighted by Gasteiger charge is -2.41. The summed E-state index contributed by atoms with van der Waals surface area (Å²) in [6, 6.07) is 39.4. The zero-order valence-corrected chi connectivity index (χ0v) is 21.7. The molecule has 0 aromatic heterocycles. The molecule has 0 spiro atoms. The number of piperazine rings is 1. The van der Waals surface area contributed by atoms with Gasteiger partial charge in [0.2, 0.25) is 0 Å². The van der Waals surface area contributed by atoms with Crippen LogP contribution in [-0.4, -0.2) is 51.8 Å². The molecule has 4 aromatic carbocycles. The lowest BCUT2D eigenvalue weighted by molar-refractivity contribution is -0.110. The molecule has 0 radical (unpaired) electrons. The van der Waals surface area contributed by atoms with E-state index < -0.39 is 16.2 Å². The summed E-state index contributed by atoms with van der Waals surface area (Å²) in [5, 5.41) is -0.644. The first-order valence-electron chi connectivity index (χ1n) is 12.8. The van der Waals surface area contributed by atoms with Crippen molar-refractivity contribution < 1.29 is 9.00 Å². The molecule has 0 bridgehead atoms. The van der Waals surface area contributed by atoms with Crippen LogP contribution in [0.5, 0.6) is 0 Å². The molecule has 0 aliphatic carbocycles. The Morgan fingerprint density at radius 3 is 1.59 bits per heavy atom. The number of aldehydes is 1. The molecule has 0 amide bonds. The standard InChI is InChI=1S/C32H32N2O2S/c35-25-31(37(36)30-18-16-27(17-19-30)24-26-10-4-1-5-11-26)33-20-22-34(23-21-33)32(28-12-6-2-7-13-28)29-14-8-3-9-15-29/h1-19,25,31-32H,20-24H2. The van der Waals surface area contributed by atoms with Crippen molar-refractivity contribution in [1.29, 1.82) is 0 Å². The summed E-state index contributed by atoms with van der Waals surface area (Å²) < 4.78 is 13.4. The number of hydrogen-bond acceptors (Lipinski definition) is 4. The van der Waals surface area contributed by atoms with E-state index in [1.807, 2.05) is 54.6 Å². The summed E-state index contributed by atoms with van der Waals surface area (Å²) in [7, 11) is -1.43. The Balaban J connectivity index is 1.26. The van der Waals surface area contributed by atoms with Crippen LogP contribution in [0.2, 0.25) is 0 Å². The Kier molecular flexibility index (Phi) is 8.36. The average Bonchev–Trinajstić information content (AvgIpc) is 2.96. The van der Waals surface area contributed by atoms with Crippen LogP contribution in [0.15, 0.2) is 120 Å². The van der Waals surface area contributed by atoms with Crippen molar-refractivity contribution in [1.82, 2.24) is 9.80 Å². The number of nitrogens with zero attached hydrogens (tertiary/aromatic N) is 2. The average molecular weight is 509 g/mol. The fourth-order valence-corrected chi connectivity index (χ4v) is 6.38. The van der Waals surface area contributed by atoms with Crippen molar-refractivity contribution in [2.24, 2.45) is 0 Å². The van der Waals surface area contributed by atoms with Crippen molar-refractivity contribution in [2.75, 3.05) is 26.2 Å². The van der Waals surface area contributed by atoms with Crippen molar-refractivity contribution >= 4 is 17.1 Å². The predicted molar refractivity (Wildman–Crippen MR) is 150 cm³/mol. The van der Waals surface area contributed by atoms with E-state index in [1.165, 1.54) is 16.7 Å². The molecule has 2 unspecified atom stereocenters. The maximum absolute atomic E-state index is 13.4. The van der Waals surface area contributed by atoms with Gasteiger partial charge in [0, 0.05) is 31.1 Å². The summed E-state index contributed by atoms with van der Waals surface area (Å²) in [5.41, 5.74) is 4.92. The third kappa shape index (κ3) is 6.13. The van der Waals surface area contributed by atoms with Gasteiger partial charge in [0.15, 0.2) is 0 Å². The number of carbonyl (C=O) groups excluding carboxylic acids is 1. The molecule has 37 heavy (non-hydrogen) atoms. The second-order valence-electron chi connectivity index (χ2n) is 9.43. The van der Waals surface area contributed by atoms with Gasteiger partial charge >= 0.3 is 0 Å². The van der Waals surface area contributed by atoms with Crippen LogP contribution in [0.25, 0.3) is 0 Å². The minimum absolute atomic E-state index is 0.155. The van der Waals surface area contributed by atoms with Crippen molar-refractivity contribution in [2.45, 2.75) is 22.7 Å². The first-order chi connectivity index (χ1) is 18.2. The Hall–Kier alpha value is -3.38. The zero-order chi connectivity index (χ0) is 25.5. The molecule has 1 fully saturated rings. The second kappa shape index (κ2) is 12.2. The minimum Gasteiger partial charge on any atom is -0.301 e. The van der Waals surface area contributed by atoms with E-state index >= 15 is 0 Å². The fraction of sp³-hybridized carbons (Fsp3) is 0.219. The minimum atomic E-state index is -1.43. The Bertz CT molecular complexity index is 1250. The Morgan fingerprint density at radius 2 is 1.08 bits per heavy atom. The zero-order valence-electron chi connectivity index (χ0n) is 20.9. The Morgan fingerprint density at radius 1 is 0.622 bits per heavy atom. The smallest absolute Gasteiger partial charge is 0.150 e. The van der Waals surface area contributed by atoms with Gasteiger partial charge in [0.1, 0.15) is 11.7 Å².